The van der Waals surface area contributed by atoms with E-state index in [-0.39, 0.29) is 24.0 Å². The van der Waals surface area contributed by atoms with E-state index >= 15 is 0 Å². The summed E-state index contributed by atoms with van der Waals surface area (Å²) < 4.78 is 0. The number of halogens is 1. The molecule has 0 radical (unpaired) electrons. The number of rotatable bonds is 4. The summed E-state index contributed by atoms with van der Waals surface area (Å²) in [5.74, 6) is 0.00823. The maximum atomic E-state index is 11.9. The fourth-order valence-corrected chi connectivity index (χ4v) is 2.93. The molecule has 0 unspecified atom stereocenters. The van der Waals surface area contributed by atoms with Crippen molar-refractivity contribution < 1.29 is 9.59 Å². The highest BCUT2D eigenvalue weighted by Gasteiger charge is 2.22. The molecule has 0 atom stereocenters. The van der Waals surface area contributed by atoms with Crippen LogP contribution in [0.4, 0.5) is 4.79 Å². The number of urea groups is 1. The van der Waals surface area contributed by atoms with Gasteiger partial charge in [0.25, 0.3) is 0 Å². The normalized spacial score (nSPS) is 21.0. The molecule has 5 nitrogen and oxygen atoms in total. The Labute approximate surface area is 135 Å². The number of nitrogens with one attached hydrogen (secondary N) is 3. The summed E-state index contributed by atoms with van der Waals surface area (Å²) in [7, 11) is 0. The topological polar surface area (TPSA) is 70.2 Å². The van der Waals surface area contributed by atoms with Crippen LogP contribution in [0, 0.1) is 0 Å². The molecule has 6 heteroatoms. The maximum Gasteiger partial charge on any atom is 0.315 e. The molecule has 3 amide bonds. The van der Waals surface area contributed by atoms with Crippen LogP contribution in [0.15, 0.2) is 24.3 Å². The highest BCUT2D eigenvalue weighted by Crippen LogP contribution is 2.18. The molecule has 120 valence electrons. The Hall–Kier alpha value is -1.75. The summed E-state index contributed by atoms with van der Waals surface area (Å²) in [4.78, 5) is 22.9. The van der Waals surface area contributed by atoms with Gasteiger partial charge in [-0.25, -0.2) is 4.79 Å². The minimum atomic E-state index is -0.178. The molecule has 2 rings (SSSR count). The van der Waals surface area contributed by atoms with Crippen LogP contribution in [0.1, 0.15) is 38.2 Å². The highest BCUT2D eigenvalue weighted by atomic mass is 35.5. The zero-order valence-electron chi connectivity index (χ0n) is 12.7. The minimum Gasteiger partial charge on any atom is -0.354 e. The van der Waals surface area contributed by atoms with Gasteiger partial charge in [-0.2, -0.15) is 0 Å². The number of benzene rings is 1. The molecule has 1 aliphatic carbocycles. The summed E-state index contributed by atoms with van der Waals surface area (Å²) in [6.07, 6.45) is 3.55. The summed E-state index contributed by atoms with van der Waals surface area (Å²) in [6, 6.07) is 7.67. The third-order valence-corrected chi connectivity index (χ3v) is 4.24. The van der Waals surface area contributed by atoms with E-state index in [4.69, 9.17) is 11.6 Å². The van der Waals surface area contributed by atoms with Gasteiger partial charge in [0, 0.05) is 30.6 Å². The van der Waals surface area contributed by atoms with Crippen molar-refractivity contribution in [1.29, 1.82) is 0 Å². The monoisotopic (exact) mass is 323 g/mol. The molecule has 22 heavy (non-hydrogen) atoms. The van der Waals surface area contributed by atoms with E-state index < -0.39 is 0 Å². The van der Waals surface area contributed by atoms with Gasteiger partial charge in [-0.05, 0) is 37.3 Å². The lowest BCUT2D eigenvalue weighted by molar-refractivity contribution is -0.119. The van der Waals surface area contributed by atoms with E-state index in [0.717, 1.165) is 31.2 Å². The van der Waals surface area contributed by atoms with Crippen LogP contribution >= 0.6 is 11.6 Å². The zero-order valence-corrected chi connectivity index (χ0v) is 13.5. The Balaban J connectivity index is 1.70. The highest BCUT2D eigenvalue weighted by molar-refractivity contribution is 6.31. The fourth-order valence-electron chi connectivity index (χ4n) is 2.72. The first-order valence-electron chi connectivity index (χ1n) is 7.59. The van der Waals surface area contributed by atoms with Gasteiger partial charge in [0.05, 0.1) is 0 Å². The van der Waals surface area contributed by atoms with Gasteiger partial charge in [0.1, 0.15) is 0 Å². The molecule has 3 N–H and O–H groups in total. The summed E-state index contributed by atoms with van der Waals surface area (Å²) in [6.45, 7) is 1.94. The first kappa shape index (κ1) is 16.6. The second-order valence-corrected chi connectivity index (χ2v) is 6.07. The molecule has 1 saturated carbocycles. The van der Waals surface area contributed by atoms with Gasteiger partial charge in [-0.1, -0.05) is 29.8 Å². The van der Waals surface area contributed by atoms with Crippen molar-refractivity contribution in [3.05, 3.63) is 34.9 Å². The second-order valence-electron chi connectivity index (χ2n) is 5.67. The van der Waals surface area contributed by atoms with Crippen LogP contribution in [-0.4, -0.2) is 24.0 Å². The molecule has 0 saturated heterocycles. The third-order valence-electron chi connectivity index (χ3n) is 3.87. The van der Waals surface area contributed by atoms with Crippen LogP contribution in [0.2, 0.25) is 5.02 Å². The van der Waals surface area contributed by atoms with Gasteiger partial charge >= 0.3 is 6.03 Å². The van der Waals surface area contributed by atoms with Crippen molar-refractivity contribution in [1.82, 2.24) is 16.0 Å². The lowest BCUT2D eigenvalue weighted by Crippen LogP contribution is -2.46. The third kappa shape index (κ3) is 5.22. The second kappa shape index (κ2) is 8.03. The van der Waals surface area contributed by atoms with E-state index in [9.17, 15) is 9.59 Å². The van der Waals surface area contributed by atoms with Crippen molar-refractivity contribution in [2.24, 2.45) is 0 Å². The van der Waals surface area contributed by atoms with Gasteiger partial charge in [0.15, 0.2) is 0 Å². The SMILES string of the molecule is CC(=O)NC1CCC(NC(=O)NCc2ccccc2Cl)CC1. The Kier molecular flexibility index (Phi) is 6.07. The maximum absolute atomic E-state index is 11.9. The molecule has 1 fully saturated rings. The number of amides is 3. The molecular formula is C16H22ClN3O2. The lowest BCUT2D eigenvalue weighted by atomic mass is 9.91. The zero-order chi connectivity index (χ0) is 15.9. The van der Waals surface area contributed by atoms with Crippen LogP contribution in [0.3, 0.4) is 0 Å². The Morgan fingerprint density at radius 3 is 2.27 bits per heavy atom. The largest absolute Gasteiger partial charge is 0.354 e. The predicted molar refractivity (Wildman–Crippen MR) is 86.7 cm³/mol. The van der Waals surface area contributed by atoms with Crippen molar-refractivity contribution in [3.63, 3.8) is 0 Å². The quantitative estimate of drug-likeness (QED) is 0.797. The first-order valence-corrected chi connectivity index (χ1v) is 7.97. The molecule has 0 spiro atoms. The standard InChI is InChI=1S/C16H22ClN3O2/c1-11(21)19-13-6-8-14(9-7-13)20-16(22)18-10-12-4-2-3-5-15(12)17/h2-5,13-14H,6-10H2,1H3,(H,19,21)(H2,18,20,22). The van der Waals surface area contributed by atoms with Crippen molar-refractivity contribution in [2.45, 2.75) is 51.2 Å². The summed E-state index contributed by atoms with van der Waals surface area (Å²) in [5, 5.41) is 9.38. The molecule has 1 aromatic rings. The average molecular weight is 324 g/mol. The molecule has 0 aliphatic heterocycles. The summed E-state index contributed by atoms with van der Waals surface area (Å²) >= 11 is 6.05. The van der Waals surface area contributed by atoms with Gasteiger partial charge in [-0.3, -0.25) is 4.79 Å². The average Bonchev–Trinajstić information content (AvgIpc) is 2.48. The number of carbonyl (C=O) groups is 2. The lowest BCUT2D eigenvalue weighted by Gasteiger charge is -2.29. The van der Waals surface area contributed by atoms with E-state index in [0.29, 0.717) is 11.6 Å². The fraction of sp³-hybridized carbons (Fsp3) is 0.500. The van der Waals surface area contributed by atoms with E-state index in [2.05, 4.69) is 16.0 Å². The van der Waals surface area contributed by atoms with Crippen LogP contribution in [0.25, 0.3) is 0 Å². The Morgan fingerprint density at radius 1 is 1.09 bits per heavy atom. The predicted octanol–water partition coefficient (Wildman–Crippen LogP) is 2.59. The van der Waals surface area contributed by atoms with Crippen molar-refractivity contribution in [3.8, 4) is 0 Å². The number of hydrogen-bond acceptors (Lipinski definition) is 2. The molecule has 1 aliphatic rings. The van der Waals surface area contributed by atoms with Crippen LogP contribution in [-0.2, 0) is 11.3 Å². The molecule has 0 bridgehead atoms. The van der Waals surface area contributed by atoms with E-state index in [1.54, 1.807) is 6.07 Å². The molecule has 1 aromatic carbocycles. The molecular weight excluding hydrogens is 302 g/mol. The molecule has 0 aromatic heterocycles. The van der Waals surface area contributed by atoms with Gasteiger partial charge < -0.3 is 16.0 Å². The Morgan fingerprint density at radius 2 is 1.68 bits per heavy atom. The van der Waals surface area contributed by atoms with Crippen molar-refractivity contribution in [2.75, 3.05) is 0 Å². The Bertz CT molecular complexity index is 528. The first-order chi connectivity index (χ1) is 10.5. The number of carbonyl (C=O) groups excluding carboxylic acids is 2. The summed E-state index contributed by atoms with van der Waals surface area (Å²) in [5.41, 5.74) is 0.897. The van der Waals surface area contributed by atoms with E-state index in [1.807, 2.05) is 18.2 Å². The smallest absolute Gasteiger partial charge is 0.315 e. The van der Waals surface area contributed by atoms with E-state index in [1.165, 1.54) is 6.92 Å². The number of hydrogen-bond donors (Lipinski definition) is 3. The van der Waals surface area contributed by atoms with Crippen LogP contribution in [0.5, 0.6) is 0 Å². The minimum absolute atomic E-state index is 0.00823. The van der Waals surface area contributed by atoms with Crippen LogP contribution < -0.4 is 16.0 Å². The van der Waals surface area contributed by atoms with Crippen molar-refractivity contribution >= 4 is 23.5 Å². The van der Waals surface area contributed by atoms with Gasteiger partial charge in [0.2, 0.25) is 5.91 Å². The molecule has 0 heterocycles. The van der Waals surface area contributed by atoms with Gasteiger partial charge in [-0.15, -0.1) is 0 Å².